The Hall–Kier alpha value is -2.47. The van der Waals surface area contributed by atoms with Crippen molar-refractivity contribution in [2.24, 2.45) is 0 Å². The molecule has 3 heterocycles. The monoisotopic (exact) mass is 380 g/mol. The number of carbonyl (C=O) groups is 2. The van der Waals surface area contributed by atoms with Crippen LogP contribution in [0.2, 0.25) is 0 Å². The van der Waals surface area contributed by atoms with E-state index in [-0.39, 0.29) is 11.8 Å². The molecule has 0 aliphatic carbocycles. The summed E-state index contributed by atoms with van der Waals surface area (Å²) in [5, 5.41) is 1.93. The Kier molecular flexibility index (Phi) is 5.86. The summed E-state index contributed by atoms with van der Waals surface area (Å²) in [7, 11) is 0. The lowest BCUT2D eigenvalue weighted by Gasteiger charge is -2.35. The zero-order chi connectivity index (χ0) is 19.3. The number of aromatic nitrogens is 1. The third-order valence-electron chi connectivity index (χ3n) is 5.85. The van der Waals surface area contributed by atoms with Gasteiger partial charge >= 0.3 is 0 Å². The van der Waals surface area contributed by atoms with E-state index >= 15 is 0 Å². The normalized spacial score (nSPS) is 18.9. The van der Waals surface area contributed by atoms with Crippen LogP contribution in [0.1, 0.15) is 36.2 Å². The van der Waals surface area contributed by atoms with Gasteiger partial charge in [0.05, 0.1) is 6.54 Å². The molecule has 4 rings (SSSR count). The van der Waals surface area contributed by atoms with Gasteiger partial charge in [-0.3, -0.25) is 19.5 Å². The van der Waals surface area contributed by atoms with Gasteiger partial charge in [-0.1, -0.05) is 37.1 Å². The van der Waals surface area contributed by atoms with Crippen molar-refractivity contribution >= 4 is 22.6 Å². The molecule has 0 spiro atoms. The fraction of sp³-hybridized carbons (Fsp3) is 0.500. The van der Waals surface area contributed by atoms with E-state index in [0.29, 0.717) is 25.3 Å². The number of benzene rings is 1. The lowest BCUT2D eigenvalue weighted by Crippen LogP contribution is -2.51. The third kappa shape index (κ3) is 4.17. The van der Waals surface area contributed by atoms with Crippen molar-refractivity contribution in [1.82, 2.24) is 19.7 Å². The molecule has 2 aliphatic rings. The van der Waals surface area contributed by atoms with Crippen molar-refractivity contribution in [3.05, 3.63) is 42.2 Å². The van der Waals surface area contributed by atoms with Crippen LogP contribution in [0.4, 0.5) is 0 Å². The molecule has 6 nitrogen and oxygen atoms in total. The number of piperazine rings is 1. The minimum Gasteiger partial charge on any atom is -0.342 e. The number of fused-ring (bicyclic) bond motifs is 1. The van der Waals surface area contributed by atoms with Gasteiger partial charge in [0.2, 0.25) is 5.91 Å². The van der Waals surface area contributed by atoms with Gasteiger partial charge < -0.3 is 9.80 Å². The lowest BCUT2D eigenvalue weighted by atomic mass is 10.1. The molecule has 1 aromatic carbocycles. The fourth-order valence-electron chi connectivity index (χ4n) is 4.16. The number of hydrogen-bond donors (Lipinski definition) is 0. The highest BCUT2D eigenvalue weighted by Crippen LogP contribution is 2.19. The van der Waals surface area contributed by atoms with E-state index in [4.69, 9.17) is 0 Å². The number of hydrogen-bond acceptors (Lipinski definition) is 4. The van der Waals surface area contributed by atoms with Gasteiger partial charge in [-0.2, -0.15) is 0 Å². The average Bonchev–Trinajstić information content (AvgIpc) is 3.03. The summed E-state index contributed by atoms with van der Waals surface area (Å²) in [5.74, 6) is 0.215. The van der Waals surface area contributed by atoms with Crippen molar-refractivity contribution in [3.63, 3.8) is 0 Å². The molecule has 0 bridgehead atoms. The van der Waals surface area contributed by atoms with Gasteiger partial charge in [-0.05, 0) is 24.3 Å². The molecule has 1 aromatic heterocycles. The molecule has 2 amide bonds. The fourth-order valence-corrected chi connectivity index (χ4v) is 4.16. The summed E-state index contributed by atoms with van der Waals surface area (Å²) < 4.78 is 0. The number of carbonyl (C=O) groups excluding carboxylic acids is 2. The van der Waals surface area contributed by atoms with Crippen LogP contribution in [0.3, 0.4) is 0 Å². The summed E-state index contributed by atoms with van der Waals surface area (Å²) in [6.45, 7) is 4.99. The Morgan fingerprint density at radius 1 is 0.821 bits per heavy atom. The van der Waals surface area contributed by atoms with Crippen molar-refractivity contribution in [1.29, 1.82) is 0 Å². The Balaban J connectivity index is 1.34. The van der Waals surface area contributed by atoms with Gasteiger partial charge in [-0.15, -0.1) is 0 Å². The van der Waals surface area contributed by atoms with E-state index in [0.717, 1.165) is 49.8 Å². The molecule has 2 aromatic rings. The van der Waals surface area contributed by atoms with E-state index in [1.165, 1.54) is 12.8 Å². The van der Waals surface area contributed by atoms with Gasteiger partial charge in [-0.25, -0.2) is 0 Å². The van der Waals surface area contributed by atoms with Crippen molar-refractivity contribution in [2.75, 3.05) is 45.8 Å². The predicted octanol–water partition coefficient (Wildman–Crippen LogP) is 2.40. The van der Waals surface area contributed by atoms with Crippen LogP contribution in [0, 0.1) is 0 Å². The summed E-state index contributed by atoms with van der Waals surface area (Å²) in [5.41, 5.74) is 0.521. The standard InChI is InChI=1S/C22H28N4O2/c27-20(25-11-5-1-2-6-12-25)17-24-13-15-26(16-14-24)22(28)21-19-8-4-3-7-18(19)9-10-23-21/h3-4,7-10H,1-2,5-6,11-17H2. The SMILES string of the molecule is O=C(CN1CCN(C(=O)c2nccc3ccccc23)CC1)N1CCCCCC1. The van der Waals surface area contributed by atoms with Crippen molar-refractivity contribution < 1.29 is 9.59 Å². The predicted molar refractivity (Wildman–Crippen MR) is 109 cm³/mol. The number of amides is 2. The molecule has 0 N–H and O–H groups in total. The first kappa shape index (κ1) is 18.9. The Bertz CT molecular complexity index is 832. The molecule has 0 saturated carbocycles. The Morgan fingerprint density at radius 2 is 1.54 bits per heavy atom. The molecule has 0 unspecified atom stereocenters. The number of nitrogens with zero attached hydrogens (tertiary/aromatic N) is 4. The van der Waals surface area contributed by atoms with E-state index in [2.05, 4.69) is 9.88 Å². The van der Waals surface area contributed by atoms with E-state index in [1.54, 1.807) is 6.20 Å². The summed E-state index contributed by atoms with van der Waals surface area (Å²) in [4.78, 5) is 36.0. The van der Waals surface area contributed by atoms with Crippen LogP contribution in [-0.2, 0) is 4.79 Å². The lowest BCUT2D eigenvalue weighted by molar-refractivity contribution is -0.132. The summed E-state index contributed by atoms with van der Waals surface area (Å²) in [6.07, 6.45) is 6.39. The minimum absolute atomic E-state index is 0.0182. The molecule has 0 radical (unpaired) electrons. The topological polar surface area (TPSA) is 56.8 Å². The van der Waals surface area contributed by atoms with Crippen LogP contribution < -0.4 is 0 Å². The van der Waals surface area contributed by atoms with Crippen molar-refractivity contribution in [3.8, 4) is 0 Å². The van der Waals surface area contributed by atoms with E-state index in [1.807, 2.05) is 40.1 Å². The quantitative estimate of drug-likeness (QED) is 0.821. The molecule has 2 aliphatic heterocycles. The number of rotatable bonds is 3. The van der Waals surface area contributed by atoms with Crippen LogP contribution in [0.15, 0.2) is 36.5 Å². The highest BCUT2D eigenvalue weighted by molar-refractivity contribution is 6.05. The third-order valence-corrected chi connectivity index (χ3v) is 5.85. The molecule has 148 valence electrons. The Labute approximate surface area is 166 Å². The first-order valence-electron chi connectivity index (χ1n) is 10.4. The van der Waals surface area contributed by atoms with Gasteiger partial charge in [0, 0.05) is 50.9 Å². The van der Waals surface area contributed by atoms with E-state index in [9.17, 15) is 9.59 Å². The van der Waals surface area contributed by atoms with E-state index < -0.39 is 0 Å². The molecule has 0 atom stereocenters. The second-order valence-electron chi connectivity index (χ2n) is 7.74. The zero-order valence-corrected chi connectivity index (χ0v) is 16.3. The molecule has 2 saturated heterocycles. The maximum Gasteiger partial charge on any atom is 0.273 e. The molecular weight excluding hydrogens is 352 g/mol. The first-order chi connectivity index (χ1) is 13.7. The average molecular weight is 380 g/mol. The number of likely N-dealkylation sites (tertiary alicyclic amines) is 1. The zero-order valence-electron chi connectivity index (χ0n) is 16.3. The van der Waals surface area contributed by atoms with Crippen LogP contribution in [0.25, 0.3) is 10.8 Å². The summed E-state index contributed by atoms with van der Waals surface area (Å²) >= 11 is 0. The number of pyridine rings is 1. The van der Waals surface area contributed by atoms with Gasteiger partial charge in [0.1, 0.15) is 5.69 Å². The maximum absolute atomic E-state index is 13.0. The second kappa shape index (κ2) is 8.69. The highest BCUT2D eigenvalue weighted by atomic mass is 16.2. The molecule has 28 heavy (non-hydrogen) atoms. The molecular formula is C22H28N4O2. The maximum atomic E-state index is 13.0. The molecule has 2 fully saturated rings. The molecule has 6 heteroatoms. The smallest absolute Gasteiger partial charge is 0.273 e. The first-order valence-corrected chi connectivity index (χ1v) is 10.4. The minimum atomic E-state index is -0.0182. The largest absolute Gasteiger partial charge is 0.342 e. The van der Waals surface area contributed by atoms with Crippen LogP contribution in [0.5, 0.6) is 0 Å². The van der Waals surface area contributed by atoms with Crippen LogP contribution in [-0.4, -0.2) is 77.3 Å². The van der Waals surface area contributed by atoms with Crippen LogP contribution >= 0.6 is 0 Å². The van der Waals surface area contributed by atoms with Crippen molar-refractivity contribution in [2.45, 2.75) is 25.7 Å². The summed E-state index contributed by atoms with van der Waals surface area (Å²) in [6, 6.07) is 9.79. The van der Waals surface area contributed by atoms with Gasteiger partial charge in [0.25, 0.3) is 5.91 Å². The second-order valence-corrected chi connectivity index (χ2v) is 7.74. The highest BCUT2D eigenvalue weighted by Gasteiger charge is 2.26. The van der Waals surface area contributed by atoms with Gasteiger partial charge in [0.15, 0.2) is 0 Å². The Morgan fingerprint density at radius 3 is 2.29 bits per heavy atom.